The first-order valence-electron chi connectivity index (χ1n) is 7.20. The monoisotopic (exact) mass is 308 g/mol. The second-order valence-corrected chi connectivity index (χ2v) is 5.11. The molecule has 0 spiro atoms. The fourth-order valence-corrected chi connectivity index (χ4v) is 2.18. The second-order valence-electron chi connectivity index (χ2n) is 5.11. The van der Waals surface area contributed by atoms with Crippen molar-refractivity contribution in [1.29, 1.82) is 0 Å². The highest BCUT2D eigenvalue weighted by molar-refractivity contribution is 5.90. The first kappa shape index (κ1) is 14.9. The van der Waals surface area contributed by atoms with Crippen LogP contribution in [0.4, 0.5) is 0 Å². The third kappa shape index (κ3) is 3.42. The Morgan fingerprint density at radius 3 is 2.65 bits per heavy atom. The van der Waals surface area contributed by atoms with Crippen molar-refractivity contribution in [2.75, 3.05) is 0 Å². The summed E-state index contributed by atoms with van der Waals surface area (Å²) in [6.07, 6.45) is 5.09. The molecule has 2 heterocycles. The third-order valence-corrected chi connectivity index (χ3v) is 3.39. The van der Waals surface area contributed by atoms with Crippen LogP contribution in [-0.4, -0.2) is 25.7 Å². The maximum Gasteiger partial charge on any atom is 0.341 e. The molecule has 3 aromatic rings. The number of nitrogens with zero attached hydrogens (tertiary/aromatic N) is 4. The number of carbonyl (C=O) groups excluding carboxylic acids is 1. The van der Waals surface area contributed by atoms with Gasteiger partial charge in [-0.25, -0.2) is 19.4 Å². The van der Waals surface area contributed by atoms with Gasteiger partial charge < -0.3 is 4.74 Å². The zero-order valence-corrected chi connectivity index (χ0v) is 12.9. The average Bonchev–Trinajstić information content (AvgIpc) is 3.07. The summed E-state index contributed by atoms with van der Waals surface area (Å²) in [5, 5.41) is 4.16. The lowest BCUT2D eigenvalue weighted by Gasteiger charge is -2.08. The van der Waals surface area contributed by atoms with Crippen LogP contribution in [0.3, 0.4) is 0 Å². The molecule has 0 saturated heterocycles. The minimum absolute atomic E-state index is 0.200. The molecule has 0 amide bonds. The molecule has 116 valence electrons. The quantitative estimate of drug-likeness (QED) is 0.693. The molecule has 0 atom stereocenters. The normalized spacial score (nSPS) is 10.5. The SMILES string of the molecule is Cc1ncc(C(=O)OCc2ccc(-n3cccn3)cc2)c(C)n1. The van der Waals surface area contributed by atoms with Crippen LogP contribution in [0.1, 0.15) is 27.4 Å². The molecular formula is C17H16N4O2. The Bertz CT molecular complexity index is 811. The minimum atomic E-state index is -0.418. The fourth-order valence-electron chi connectivity index (χ4n) is 2.18. The van der Waals surface area contributed by atoms with Crippen LogP contribution in [0.5, 0.6) is 0 Å². The van der Waals surface area contributed by atoms with Crippen molar-refractivity contribution >= 4 is 5.97 Å². The first-order chi connectivity index (χ1) is 11.1. The van der Waals surface area contributed by atoms with Crippen molar-refractivity contribution in [2.24, 2.45) is 0 Å². The van der Waals surface area contributed by atoms with Gasteiger partial charge in [0, 0.05) is 18.6 Å². The van der Waals surface area contributed by atoms with Crippen molar-refractivity contribution in [3.8, 4) is 5.69 Å². The molecule has 0 unspecified atom stereocenters. The summed E-state index contributed by atoms with van der Waals surface area (Å²) in [6.45, 7) is 3.75. The number of benzene rings is 1. The van der Waals surface area contributed by atoms with E-state index in [0.29, 0.717) is 17.1 Å². The maximum absolute atomic E-state index is 12.1. The molecule has 6 nitrogen and oxygen atoms in total. The Morgan fingerprint density at radius 2 is 2.00 bits per heavy atom. The van der Waals surface area contributed by atoms with Crippen molar-refractivity contribution in [3.63, 3.8) is 0 Å². The molecule has 0 bridgehead atoms. The van der Waals surface area contributed by atoms with Crippen LogP contribution in [0.2, 0.25) is 0 Å². The number of esters is 1. The summed E-state index contributed by atoms with van der Waals surface area (Å²) in [5.74, 6) is 0.215. The van der Waals surface area contributed by atoms with Crippen LogP contribution < -0.4 is 0 Å². The lowest BCUT2D eigenvalue weighted by atomic mass is 10.2. The number of hydrogen-bond acceptors (Lipinski definition) is 5. The zero-order valence-electron chi connectivity index (χ0n) is 12.9. The van der Waals surface area contributed by atoms with Crippen LogP contribution >= 0.6 is 0 Å². The topological polar surface area (TPSA) is 69.9 Å². The van der Waals surface area contributed by atoms with Gasteiger partial charge in [-0.3, -0.25) is 0 Å². The van der Waals surface area contributed by atoms with Gasteiger partial charge in [-0.1, -0.05) is 12.1 Å². The van der Waals surface area contributed by atoms with E-state index in [1.807, 2.05) is 36.5 Å². The number of rotatable bonds is 4. The first-order valence-corrected chi connectivity index (χ1v) is 7.20. The molecule has 0 saturated carbocycles. The van der Waals surface area contributed by atoms with Gasteiger partial charge in [0.2, 0.25) is 0 Å². The number of aryl methyl sites for hydroxylation is 2. The molecule has 6 heteroatoms. The van der Waals surface area contributed by atoms with Crippen molar-refractivity contribution in [3.05, 3.63) is 71.6 Å². The van der Waals surface area contributed by atoms with Gasteiger partial charge in [0.15, 0.2) is 0 Å². The van der Waals surface area contributed by atoms with E-state index in [0.717, 1.165) is 11.3 Å². The summed E-state index contributed by atoms with van der Waals surface area (Å²) in [7, 11) is 0. The fraction of sp³-hybridized carbons (Fsp3) is 0.176. The van der Waals surface area contributed by atoms with Gasteiger partial charge in [-0.2, -0.15) is 5.10 Å². The summed E-state index contributed by atoms with van der Waals surface area (Å²) in [5.41, 5.74) is 2.87. The van der Waals surface area contributed by atoms with Crippen molar-refractivity contribution in [2.45, 2.75) is 20.5 Å². The van der Waals surface area contributed by atoms with E-state index in [4.69, 9.17) is 4.74 Å². The van der Waals surface area contributed by atoms with Crippen LogP contribution in [0, 0.1) is 13.8 Å². The smallest absolute Gasteiger partial charge is 0.341 e. The van der Waals surface area contributed by atoms with Gasteiger partial charge in [0.1, 0.15) is 12.4 Å². The van der Waals surface area contributed by atoms with Crippen LogP contribution in [-0.2, 0) is 11.3 Å². The number of ether oxygens (including phenoxy) is 1. The Hall–Kier alpha value is -3.02. The van der Waals surface area contributed by atoms with Crippen molar-refractivity contribution in [1.82, 2.24) is 19.7 Å². The van der Waals surface area contributed by atoms with E-state index in [1.54, 1.807) is 24.7 Å². The lowest BCUT2D eigenvalue weighted by molar-refractivity contribution is 0.0470. The molecular weight excluding hydrogens is 292 g/mol. The molecule has 1 aromatic carbocycles. The number of carbonyl (C=O) groups is 1. The maximum atomic E-state index is 12.1. The highest BCUT2D eigenvalue weighted by Gasteiger charge is 2.12. The van der Waals surface area contributed by atoms with Crippen molar-refractivity contribution < 1.29 is 9.53 Å². The second kappa shape index (κ2) is 6.39. The Kier molecular flexibility index (Phi) is 4.14. The molecule has 0 aliphatic heterocycles. The van der Waals surface area contributed by atoms with E-state index in [1.165, 1.54) is 6.20 Å². The van der Waals surface area contributed by atoms with E-state index in [-0.39, 0.29) is 6.61 Å². The molecule has 2 aromatic heterocycles. The van der Waals surface area contributed by atoms with Gasteiger partial charge in [0.05, 0.1) is 16.9 Å². The predicted molar refractivity (Wildman–Crippen MR) is 84.2 cm³/mol. The summed E-state index contributed by atoms with van der Waals surface area (Å²) in [6, 6.07) is 9.53. The number of aromatic nitrogens is 4. The average molecular weight is 308 g/mol. The Labute approximate surface area is 133 Å². The van der Waals surface area contributed by atoms with Gasteiger partial charge in [-0.05, 0) is 37.6 Å². The van der Waals surface area contributed by atoms with Crippen LogP contribution in [0.15, 0.2) is 48.9 Å². The van der Waals surface area contributed by atoms with Gasteiger partial charge in [0.25, 0.3) is 0 Å². The van der Waals surface area contributed by atoms with E-state index in [2.05, 4.69) is 15.1 Å². The summed E-state index contributed by atoms with van der Waals surface area (Å²) < 4.78 is 7.09. The Morgan fingerprint density at radius 1 is 1.22 bits per heavy atom. The minimum Gasteiger partial charge on any atom is -0.457 e. The summed E-state index contributed by atoms with van der Waals surface area (Å²) >= 11 is 0. The standard InChI is InChI=1S/C17H16N4O2/c1-12-16(10-18-13(2)20-12)17(22)23-11-14-4-6-15(7-5-14)21-9-3-8-19-21/h3-10H,11H2,1-2H3. The predicted octanol–water partition coefficient (Wildman–Crippen LogP) is 2.64. The lowest BCUT2D eigenvalue weighted by Crippen LogP contribution is -2.09. The molecule has 0 radical (unpaired) electrons. The largest absolute Gasteiger partial charge is 0.457 e. The van der Waals surface area contributed by atoms with E-state index >= 15 is 0 Å². The zero-order chi connectivity index (χ0) is 16.2. The third-order valence-electron chi connectivity index (χ3n) is 3.39. The van der Waals surface area contributed by atoms with Gasteiger partial charge in [-0.15, -0.1) is 0 Å². The van der Waals surface area contributed by atoms with E-state index in [9.17, 15) is 4.79 Å². The highest BCUT2D eigenvalue weighted by atomic mass is 16.5. The molecule has 0 aliphatic rings. The van der Waals surface area contributed by atoms with Gasteiger partial charge >= 0.3 is 5.97 Å². The molecule has 0 aliphatic carbocycles. The van der Waals surface area contributed by atoms with Crippen LogP contribution in [0.25, 0.3) is 5.69 Å². The molecule has 3 rings (SSSR count). The Balaban J connectivity index is 1.65. The molecule has 0 fully saturated rings. The summed E-state index contributed by atoms with van der Waals surface area (Å²) in [4.78, 5) is 20.3. The number of hydrogen-bond donors (Lipinski definition) is 0. The molecule has 23 heavy (non-hydrogen) atoms. The molecule has 0 N–H and O–H groups in total. The van der Waals surface area contributed by atoms with E-state index < -0.39 is 5.97 Å². The highest BCUT2D eigenvalue weighted by Crippen LogP contribution is 2.11.